The molecule has 1 fully saturated rings. The molecule has 1 saturated heterocycles. The minimum atomic E-state index is 0.355. The molecule has 0 radical (unpaired) electrons. The zero-order valence-electron chi connectivity index (χ0n) is 11.8. The van der Waals surface area contributed by atoms with Crippen molar-refractivity contribution in [3.63, 3.8) is 0 Å². The Bertz CT molecular complexity index is 373. The first kappa shape index (κ1) is 13.4. The number of phenols is 1. The molecule has 1 aliphatic rings. The zero-order chi connectivity index (χ0) is 13.1. The molecule has 2 rings (SSSR count). The summed E-state index contributed by atoms with van der Waals surface area (Å²) in [6, 6.07) is 8.89. The molecular formula is C16H25NO. The summed E-state index contributed by atoms with van der Waals surface area (Å²) < 4.78 is 0. The van der Waals surface area contributed by atoms with Crippen molar-refractivity contribution in [2.75, 3.05) is 6.54 Å². The molecule has 0 aromatic heterocycles. The molecule has 1 aromatic carbocycles. The number of nitrogens with zero attached hydrogens (tertiary/aromatic N) is 1. The minimum Gasteiger partial charge on any atom is -0.508 e. The second-order valence-electron chi connectivity index (χ2n) is 5.74. The van der Waals surface area contributed by atoms with Gasteiger partial charge in [-0.2, -0.15) is 0 Å². The number of aromatic hydroxyl groups is 1. The summed E-state index contributed by atoms with van der Waals surface area (Å²) in [4.78, 5) is 2.64. The smallest absolute Gasteiger partial charge is 0.115 e. The van der Waals surface area contributed by atoms with Crippen molar-refractivity contribution in [2.45, 2.75) is 52.1 Å². The molecule has 100 valence electrons. The molecule has 0 bridgehead atoms. The molecule has 1 N–H and O–H groups in total. The lowest BCUT2D eigenvalue weighted by Crippen LogP contribution is -2.43. The Labute approximate surface area is 111 Å². The molecule has 1 aliphatic heterocycles. The molecule has 1 heterocycles. The number of hydrogen-bond donors (Lipinski definition) is 1. The molecule has 2 nitrogen and oxygen atoms in total. The second-order valence-corrected chi connectivity index (χ2v) is 5.74. The molecule has 0 spiro atoms. The van der Waals surface area contributed by atoms with Gasteiger partial charge in [-0.25, -0.2) is 0 Å². The summed E-state index contributed by atoms with van der Waals surface area (Å²) in [7, 11) is 0. The molecule has 0 aliphatic carbocycles. The van der Waals surface area contributed by atoms with E-state index in [1.165, 1.54) is 24.9 Å². The van der Waals surface area contributed by atoms with Gasteiger partial charge in [-0.1, -0.05) is 26.0 Å². The average Bonchev–Trinajstić information content (AvgIpc) is 2.37. The monoisotopic (exact) mass is 247 g/mol. The van der Waals surface area contributed by atoms with Crippen LogP contribution in [-0.2, 0) is 0 Å². The predicted octanol–water partition coefficient (Wildman–Crippen LogP) is 3.96. The summed E-state index contributed by atoms with van der Waals surface area (Å²) in [6.07, 6.45) is 3.78. The summed E-state index contributed by atoms with van der Waals surface area (Å²) >= 11 is 0. The van der Waals surface area contributed by atoms with Crippen LogP contribution in [-0.4, -0.2) is 22.6 Å². The van der Waals surface area contributed by atoms with E-state index < -0.39 is 0 Å². The lowest BCUT2D eigenvalue weighted by atomic mass is 9.91. The number of rotatable bonds is 3. The van der Waals surface area contributed by atoms with Gasteiger partial charge in [0.15, 0.2) is 0 Å². The van der Waals surface area contributed by atoms with Gasteiger partial charge in [-0.05, 0) is 49.8 Å². The van der Waals surface area contributed by atoms with Crippen molar-refractivity contribution in [1.29, 1.82) is 0 Å². The highest BCUT2D eigenvalue weighted by Crippen LogP contribution is 2.33. The Hall–Kier alpha value is -1.02. The Morgan fingerprint density at radius 1 is 1.22 bits per heavy atom. The van der Waals surface area contributed by atoms with E-state index in [0.717, 1.165) is 12.3 Å². The van der Waals surface area contributed by atoms with Crippen LogP contribution in [0, 0.1) is 5.92 Å². The van der Waals surface area contributed by atoms with Gasteiger partial charge >= 0.3 is 0 Å². The van der Waals surface area contributed by atoms with Crippen molar-refractivity contribution in [1.82, 2.24) is 4.90 Å². The number of likely N-dealkylation sites (tertiary alicyclic amines) is 1. The molecule has 1 aromatic rings. The largest absolute Gasteiger partial charge is 0.508 e. The fourth-order valence-electron chi connectivity index (χ4n) is 3.12. The molecule has 0 amide bonds. The van der Waals surface area contributed by atoms with E-state index in [2.05, 4.69) is 37.8 Å². The van der Waals surface area contributed by atoms with Crippen LogP contribution in [0.25, 0.3) is 0 Å². The molecular weight excluding hydrogens is 222 g/mol. The minimum absolute atomic E-state index is 0.355. The van der Waals surface area contributed by atoms with Gasteiger partial charge in [-0.3, -0.25) is 4.90 Å². The van der Waals surface area contributed by atoms with Crippen LogP contribution in [0.4, 0.5) is 0 Å². The standard InChI is InChI=1S/C16H25NO/c1-4-16(14-7-9-15(18)10-8-14)17-11-12(2)5-6-13(17)3/h7-10,12-13,16,18H,4-6,11H2,1-3H3. The first-order valence-corrected chi connectivity index (χ1v) is 7.16. The first-order chi connectivity index (χ1) is 8.61. The number of hydrogen-bond acceptors (Lipinski definition) is 2. The summed E-state index contributed by atoms with van der Waals surface area (Å²) in [5, 5.41) is 9.40. The van der Waals surface area contributed by atoms with Gasteiger partial charge in [-0.15, -0.1) is 0 Å². The molecule has 3 unspecified atom stereocenters. The number of phenolic OH excluding ortho intramolecular Hbond substituents is 1. The van der Waals surface area contributed by atoms with Gasteiger partial charge in [0, 0.05) is 18.6 Å². The van der Waals surface area contributed by atoms with Gasteiger partial charge in [0.05, 0.1) is 0 Å². The van der Waals surface area contributed by atoms with Crippen LogP contribution in [0.3, 0.4) is 0 Å². The topological polar surface area (TPSA) is 23.5 Å². The van der Waals surface area contributed by atoms with E-state index in [9.17, 15) is 5.11 Å². The highest BCUT2D eigenvalue weighted by atomic mass is 16.3. The highest BCUT2D eigenvalue weighted by molar-refractivity contribution is 5.28. The van der Waals surface area contributed by atoms with E-state index in [1.54, 1.807) is 12.1 Å². The first-order valence-electron chi connectivity index (χ1n) is 7.16. The third kappa shape index (κ3) is 2.86. The van der Waals surface area contributed by atoms with Crippen LogP contribution in [0.1, 0.15) is 51.6 Å². The molecule has 0 saturated carbocycles. The quantitative estimate of drug-likeness (QED) is 0.873. The Balaban J connectivity index is 2.19. The third-order valence-electron chi connectivity index (χ3n) is 4.23. The fourth-order valence-corrected chi connectivity index (χ4v) is 3.12. The van der Waals surface area contributed by atoms with Crippen molar-refractivity contribution < 1.29 is 5.11 Å². The van der Waals surface area contributed by atoms with Crippen LogP contribution < -0.4 is 0 Å². The Kier molecular flexibility index (Phi) is 4.28. The average molecular weight is 247 g/mol. The van der Waals surface area contributed by atoms with Gasteiger partial charge in [0.2, 0.25) is 0 Å². The summed E-state index contributed by atoms with van der Waals surface area (Å²) in [5.74, 6) is 1.15. The summed E-state index contributed by atoms with van der Waals surface area (Å²) in [5.41, 5.74) is 1.33. The molecule has 18 heavy (non-hydrogen) atoms. The number of benzene rings is 1. The maximum absolute atomic E-state index is 9.40. The zero-order valence-corrected chi connectivity index (χ0v) is 11.8. The van der Waals surface area contributed by atoms with Crippen molar-refractivity contribution in [3.05, 3.63) is 29.8 Å². The molecule has 3 atom stereocenters. The normalized spacial score (nSPS) is 27.1. The lowest BCUT2D eigenvalue weighted by molar-refractivity contribution is 0.0741. The van der Waals surface area contributed by atoms with Crippen LogP contribution in [0.5, 0.6) is 5.75 Å². The predicted molar refractivity (Wildman–Crippen MR) is 75.7 cm³/mol. The SMILES string of the molecule is CCC(c1ccc(O)cc1)N1CC(C)CCC1C. The van der Waals surface area contributed by atoms with E-state index in [1.807, 2.05) is 0 Å². The molecule has 2 heteroatoms. The van der Waals surface area contributed by atoms with E-state index >= 15 is 0 Å². The van der Waals surface area contributed by atoms with Gasteiger partial charge in [0.1, 0.15) is 5.75 Å². The van der Waals surface area contributed by atoms with E-state index in [4.69, 9.17) is 0 Å². The van der Waals surface area contributed by atoms with Gasteiger partial charge in [0.25, 0.3) is 0 Å². The third-order valence-corrected chi connectivity index (χ3v) is 4.23. The van der Waals surface area contributed by atoms with Gasteiger partial charge < -0.3 is 5.11 Å². The van der Waals surface area contributed by atoms with Crippen LogP contribution >= 0.6 is 0 Å². The van der Waals surface area contributed by atoms with Crippen molar-refractivity contribution in [3.8, 4) is 5.75 Å². The van der Waals surface area contributed by atoms with Crippen LogP contribution in [0.2, 0.25) is 0 Å². The van der Waals surface area contributed by atoms with Crippen molar-refractivity contribution in [2.24, 2.45) is 5.92 Å². The maximum atomic E-state index is 9.40. The van der Waals surface area contributed by atoms with E-state index in [-0.39, 0.29) is 0 Å². The van der Waals surface area contributed by atoms with Crippen LogP contribution in [0.15, 0.2) is 24.3 Å². The highest BCUT2D eigenvalue weighted by Gasteiger charge is 2.28. The Morgan fingerprint density at radius 2 is 1.89 bits per heavy atom. The number of piperidine rings is 1. The summed E-state index contributed by atoms with van der Waals surface area (Å²) in [6.45, 7) is 8.14. The lowest BCUT2D eigenvalue weighted by Gasteiger charge is -2.42. The maximum Gasteiger partial charge on any atom is 0.115 e. The fraction of sp³-hybridized carbons (Fsp3) is 0.625. The van der Waals surface area contributed by atoms with E-state index in [0.29, 0.717) is 17.8 Å². The Morgan fingerprint density at radius 3 is 2.50 bits per heavy atom. The van der Waals surface area contributed by atoms with Crippen molar-refractivity contribution >= 4 is 0 Å². The second kappa shape index (κ2) is 5.75.